The summed E-state index contributed by atoms with van der Waals surface area (Å²) in [6, 6.07) is 11.3. The van der Waals surface area contributed by atoms with Crippen molar-refractivity contribution in [3.63, 3.8) is 0 Å². The van der Waals surface area contributed by atoms with Gasteiger partial charge in [-0.1, -0.05) is 31.5 Å². The minimum absolute atomic E-state index is 0.00790. The van der Waals surface area contributed by atoms with Gasteiger partial charge in [0.2, 0.25) is 5.91 Å². The number of benzene rings is 1. The lowest BCUT2D eigenvalue weighted by molar-refractivity contribution is -0.121. The van der Waals surface area contributed by atoms with E-state index in [4.69, 9.17) is 32.3 Å². The molecule has 2 aliphatic carbocycles. The largest absolute Gasteiger partial charge is 0.393 e. The fraction of sp³-hybridized carbons (Fsp3) is 0.475. The van der Waals surface area contributed by atoms with Gasteiger partial charge in [0.15, 0.2) is 0 Å². The van der Waals surface area contributed by atoms with E-state index < -0.39 is 11.2 Å². The van der Waals surface area contributed by atoms with E-state index in [-0.39, 0.29) is 53.1 Å². The van der Waals surface area contributed by atoms with Crippen LogP contribution in [0.5, 0.6) is 0 Å². The number of nitrogens with one attached hydrogen (secondary N) is 3. The van der Waals surface area contributed by atoms with E-state index in [1.807, 2.05) is 28.1 Å². The number of hydrogen-bond donors (Lipinski definition) is 5. The third kappa shape index (κ3) is 7.26. The molecule has 1 atom stereocenters. The second-order valence-electron chi connectivity index (χ2n) is 15.9. The summed E-state index contributed by atoms with van der Waals surface area (Å²) in [6.45, 7) is 4.73. The zero-order valence-corrected chi connectivity index (χ0v) is 32.1. The molecule has 8 rings (SSSR count). The molecule has 288 valence electrons. The van der Waals surface area contributed by atoms with E-state index in [0.29, 0.717) is 24.5 Å². The highest BCUT2D eigenvalue weighted by Crippen LogP contribution is 2.50. The molecule has 3 aromatic rings. The van der Waals surface area contributed by atoms with Crippen LogP contribution >= 0.6 is 0 Å². The van der Waals surface area contributed by atoms with Crippen molar-refractivity contribution in [3.05, 3.63) is 83.0 Å². The maximum absolute atomic E-state index is 13.2. The molecule has 3 amide bonds. The maximum atomic E-state index is 13.2. The van der Waals surface area contributed by atoms with Gasteiger partial charge >= 0.3 is 0 Å². The van der Waals surface area contributed by atoms with Crippen LogP contribution in [0, 0.1) is 5.92 Å². The smallest absolute Gasteiger partial charge is 0.272 e. The first-order valence-corrected chi connectivity index (χ1v) is 19.8. The number of fused-ring (bicyclic) bond motifs is 3. The van der Waals surface area contributed by atoms with Crippen LogP contribution in [0.15, 0.2) is 65.9 Å². The maximum Gasteiger partial charge on any atom is 0.272 e. The molecule has 0 unspecified atom stereocenters. The number of anilines is 2. The summed E-state index contributed by atoms with van der Waals surface area (Å²) >= 11 is 0. The summed E-state index contributed by atoms with van der Waals surface area (Å²) in [7, 11) is 15.6. The third-order valence-corrected chi connectivity index (χ3v) is 11.6. The molecule has 2 saturated carbocycles. The van der Waals surface area contributed by atoms with Crippen molar-refractivity contribution in [1.82, 2.24) is 35.2 Å². The molecular formula is C40H49B2N11O3. The fourth-order valence-corrected chi connectivity index (χ4v) is 8.04. The second kappa shape index (κ2) is 15.0. The summed E-state index contributed by atoms with van der Waals surface area (Å²) in [6.07, 6.45) is 10.7. The second-order valence-corrected chi connectivity index (χ2v) is 15.9. The molecule has 0 spiro atoms. The number of likely N-dealkylation sites (tertiary alicyclic amines) is 2. The van der Waals surface area contributed by atoms with Gasteiger partial charge in [-0.15, -0.1) is 0 Å². The Kier molecular flexibility index (Phi) is 10.1. The standard InChI is InChI=1S/C40H49B2N11O3/c1-3-8-31-36-27(20-45-53(36)25-21-52(22-25)40(41,42)32-12-7-11-29(48-32)39(56)51-17-4-5-18-51)26-9-6-10-28(35(26)50(31)2)47-30(34(44)38(55)46-24-15-16-24)19-33(43)49-37(54)23-13-14-23/h6-7,9-12,19-20,23-25,31,47H,3-5,8,13-18,21-22,43-44H2,1-2H3,(H,46,55)(H,49,54)/b33-19+,34-30+/t31-/m0/s1. The van der Waals surface area contributed by atoms with Crippen LogP contribution in [-0.4, -0.2) is 97.2 Å². The van der Waals surface area contributed by atoms with E-state index in [0.717, 1.165) is 92.7 Å². The molecule has 3 aliphatic heterocycles. The van der Waals surface area contributed by atoms with Gasteiger partial charge in [-0.2, -0.15) is 5.10 Å². The number of para-hydroxylation sites is 1. The molecule has 14 nitrogen and oxygen atoms in total. The Bertz CT molecular complexity index is 2100. The van der Waals surface area contributed by atoms with Crippen molar-refractivity contribution in [2.24, 2.45) is 17.4 Å². The van der Waals surface area contributed by atoms with Crippen molar-refractivity contribution in [1.29, 1.82) is 0 Å². The lowest BCUT2D eigenvalue weighted by Gasteiger charge is -2.50. The predicted octanol–water partition coefficient (Wildman–Crippen LogP) is 2.66. The third-order valence-electron chi connectivity index (χ3n) is 11.6. The SMILES string of the molecule is [B]C([B])(c1cccc(C(=O)N2CCCC2)n1)N1CC(n2ncc3c2[C@H](CCC)N(C)c2c(NC(/C=C(\N)NC(=O)C4CC4)=C(/N)C(=O)NC4CC4)cccc2-3)C1. The number of hydrogen-bond acceptors (Lipinski definition) is 10. The fourth-order valence-electron chi connectivity index (χ4n) is 8.04. The Morgan fingerprint density at radius 3 is 2.43 bits per heavy atom. The molecule has 5 heterocycles. The lowest BCUT2D eigenvalue weighted by atomic mass is 9.57. The van der Waals surface area contributed by atoms with Crippen molar-refractivity contribution < 1.29 is 14.4 Å². The monoisotopic (exact) mass is 753 g/mol. The van der Waals surface area contributed by atoms with Crippen LogP contribution in [0.25, 0.3) is 11.1 Å². The number of carbonyl (C=O) groups excluding carboxylic acids is 3. The van der Waals surface area contributed by atoms with E-state index in [1.54, 1.807) is 18.2 Å². The van der Waals surface area contributed by atoms with E-state index >= 15 is 0 Å². The van der Waals surface area contributed by atoms with Gasteiger partial charge in [-0.3, -0.25) is 19.1 Å². The van der Waals surface area contributed by atoms with Crippen LogP contribution in [0.2, 0.25) is 0 Å². The van der Waals surface area contributed by atoms with Crippen molar-refractivity contribution in [3.8, 4) is 11.1 Å². The Balaban J connectivity index is 1.06. The molecule has 16 heteroatoms. The average molecular weight is 754 g/mol. The first-order chi connectivity index (χ1) is 26.9. The summed E-state index contributed by atoms with van der Waals surface area (Å²) in [5, 5.41) is 12.7. The minimum Gasteiger partial charge on any atom is -0.393 e. The first-order valence-electron chi connectivity index (χ1n) is 19.8. The van der Waals surface area contributed by atoms with Crippen LogP contribution in [0.3, 0.4) is 0 Å². The Labute approximate surface area is 330 Å². The summed E-state index contributed by atoms with van der Waals surface area (Å²) in [5.41, 5.74) is 18.6. The van der Waals surface area contributed by atoms with Gasteiger partial charge in [0, 0.05) is 68.1 Å². The molecular weight excluding hydrogens is 704 g/mol. The van der Waals surface area contributed by atoms with Gasteiger partial charge in [0.05, 0.1) is 56.7 Å². The minimum atomic E-state index is -1.38. The van der Waals surface area contributed by atoms with Crippen molar-refractivity contribution in [2.75, 3.05) is 43.4 Å². The summed E-state index contributed by atoms with van der Waals surface area (Å²) in [5.74, 6) is -0.575. The van der Waals surface area contributed by atoms with E-state index in [2.05, 4.69) is 50.6 Å². The number of rotatable bonds is 13. The number of nitrogens with zero attached hydrogens (tertiary/aromatic N) is 6. The number of pyridine rings is 1. The number of aromatic nitrogens is 3. The van der Waals surface area contributed by atoms with Gasteiger partial charge in [0.1, 0.15) is 17.2 Å². The number of nitrogens with two attached hydrogens (primary N) is 2. The zero-order valence-electron chi connectivity index (χ0n) is 32.1. The normalized spacial score (nSPS) is 20.5. The molecule has 1 aromatic carbocycles. The molecule has 0 bridgehead atoms. The lowest BCUT2D eigenvalue weighted by Crippen LogP contribution is -2.60. The van der Waals surface area contributed by atoms with Gasteiger partial charge < -0.3 is 42.1 Å². The highest BCUT2D eigenvalue weighted by molar-refractivity contribution is 6.39. The van der Waals surface area contributed by atoms with Crippen LogP contribution in [-0.2, 0) is 14.9 Å². The predicted molar refractivity (Wildman–Crippen MR) is 216 cm³/mol. The average Bonchev–Trinajstić information content (AvgIpc) is 4.08. The Morgan fingerprint density at radius 2 is 1.73 bits per heavy atom. The van der Waals surface area contributed by atoms with Gasteiger partial charge in [-0.05, 0) is 68.5 Å². The highest BCUT2D eigenvalue weighted by Gasteiger charge is 2.43. The zero-order chi connectivity index (χ0) is 39.3. The molecule has 4 radical (unpaired) electrons. The van der Waals surface area contributed by atoms with Crippen LogP contribution < -0.4 is 32.3 Å². The van der Waals surface area contributed by atoms with E-state index in [9.17, 15) is 14.4 Å². The molecule has 2 aromatic heterocycles. The highest BCUT2D eigenvalue weighted by atomic mass is 16.2. The van der Waals surface area contributed by atoms with Gasteiger partial charge in [0.25, 0.3) is 11.8 Å². The molecule has 5 aliphatic rings. The molecule has 4 fully saturated rings. The molecule has 7 N–H and O–H groups in total. The Morgan fingerprint density at radius 1 is 1.00 bits per heavy atom. The van der Waals surface area contributed by atoms with Crippen molar-refractivity contribution in [2.45, 2.75) is 81.8 Å². The van der Waals surface area contributed by atoms with E-state index in [1.165, 1.54) is 6.08 Å². The molecule has 2 saturated heterocycles. The Hall–Kier alpha value is -5.24. The summed E-state index contributed by atoms with van der Waals surface area (Å²) in [4.78, 5) is 49.5. The molecule has 56 heavy (non-hydrogen) atoms. The topological polar surface area (TPSA) is 180 Å². The van der Waals surface area contributed by atoms with Crippen LogP contribution in [0.1, 0.15) is 92.3 Å². The summed E-state index contributed by atoms with van der Waals surface area (Å²) < 4.78 is 2.11. The van der Waals surface area contributed by atoms with Crippen LogP contribution in [0.4, 0.5) is 11.4 Å². The number of amides is 3. The van der Waals surface area contributed by atoms with Gasteiger partial charge in [-0.25, -0.2) is 4.98 Å². The number of allylic oxidation sites excluding steroid dienone is 1. The first kappa shape index (κ1) is 37.7. The van der Waals surface area contributed by atoms with Crippen molar-refractivity contribution >= 4 is 44.8 Å². The quantitative estimate of drug-likeness (QED) is 0.0991. The number of carbonyl (C=O) groups is 3.